The molecule has 0 bridgehead atoms. The van der Waals surface area contributed by atoms with Crippen molar-refractivity contribution in [2.45, 2.75) is 20.8 Å². The van der Waals surface area contributed by atoms with Gasteiger partial charge < -0.3 is 15.4 Å². The highest BCUT2D eigenvalue weighted by molar-refractivity contribution is 5.73. The number of rotatable bonds is 7. The molecule has 0 atom stereocenters. The van der Waals surface area contributed by atoms with Crippen LogP contribution in [0.1, 0.15) is 17.0 Å². The van der Waals surface area contributed by atoms with Crippen LogP contribution in [0, 0.1) is 27.3 Å². The molecule has 0 unspecified atom stereocenters. The van der Waals surface area contributed by atoms with Gasteiger partial charge in [0.25, 0.3) is 0 Å². The molecule has 0 radical (unpaired) electrons. The molecule has 0 aliphatic rings. The van der Waals surface area contributed by atoms with Gasteiger partial charge in [0.15, 0.2) is 5.82 Å². The summed E-state index contributed by atoms with van der Waals surface area (Å²) in [5.74, 6) is 2.53. The Morgan fingerprint density at radius 2 is 2.04 bits per heavy atom. The average molecular weight is 363 g/mol. The second-order valence-electron chi connectivity index (χ2n) is 6.11. The number of hydrogen-bond donors (Lipinski definition) is 3. The summed E-state index contributed by atoms with van der Waals surface area (Å²) in [6, 6.07) is 7.50. The van der Waals surface area contributed by atoms with Crippen LogP contribution in [0.3, 0.4) is 0 Å². The molecule has 3 aromatic heterocycles. The van der Waals surface area contributed by atoms with Crippen LogP contribution in [0.2, 0.25) is 0 Å². The molecule has 3 rings (SSSR count). The van der Waals surface area contributed by atoms with Gasteiger partial charge in [-0.2, -0.15) is 5.10 Å². The fraction of sp³-hybridized carbons (Fsp3) is 0.263. The number of nitrogens with zero attached hydrogens (tertiary/aromatic N) is 4. The normalized spacial score (nSPS) is 10.3. The number of aromatic nitrogens is 4. The third-order valence-corrected chi connectivity index (χ3v) is 3.80. The molecule has 0 amide bonds. The molecule has 8 heteroatoms. The zero-order valence-electron chi connectivity index (χ0n) is 15.5. The summed E-state index contributed by atoms with van der Waals surface area (Å²) < 4.78 is 5.66. The lowest BCUT2D eigenvalue weighted by molar-refractivity contribution is 0.331. The summed E-state index contributed by atoms with van der Waals surface area (Å²) in [7, 11) is 0. The Balaban J connectivity index is 1.65. The third-order valence-electron chi connectivity index (χ3n) is 3.80. The van der Waals surface area contributed by atoms with Gasteiger partial charge in [0, 0.05) is 24.0 Å². The summed E-state index contributed by atoms with van der Waals surface area (Å²) in [6.07, 6.45) is 1.69. The molecule has 8 nitrogen and oxygen atoms in total. The molecule has 3 N–H and O–H groups in total. The van der Waals surface area contributed by atoms with Crippen LogP contribution in [-0.4, -0.2) is 33.3 Å². The van der Waals surface area contributed by atoms with Crippen molar-refractivity contribution in [3.63, 3.8) is 0 Å². The topological polar surface area (TPSA) is 92.1 Å². The van der Waals surface area contributed by atoms with Gasteiger partial charge in [0.2, 0.25) is 5.69 Å². The Kier molecular flexibility index (Phi) is 5.52. The molecule has 0 aliphatic heterocycles. The summed E-state index contributed by atoms with van der Waals surface area (Å²) >= 11 is 0. The molecule has 0 saturated heterocycles. The Bertz CT molecular complexity index is 957. The Hall–Kier alpha value is -3.60. The molecule has 0 fully saturated rings. The van der Waals surface area contributed by atoms with E-state index >= 15 is 0 Å². The minimum absolute atomic E-state index is 0.430. The van der Waals surface area contributed by atoms with Gasteiger partial charge in [-0.1, -0.05) is 0 Å². The van der Waals surface area contributed by atoms with Gasteiger partial charge in [-0.3, -0.25) is 10.1 Å². The number of nitrogens with one attached hydrogen (secondary N) is 3. The smallest absolute Gasteiger partial charge is 0.231 e. The Morgan fingerprint density at radius 1 is 1.19 bits per heavy atom. The van der Waals surface area contributed by atoms with E-state index in [9.17, 15) is 0 Å². The van der Waals surface area contributed by atoms with Crippen molar-refractivity contribution in [1.29, 1.82) is 0 Å². The van der Waals surface area contributed by atoms with Gasteiger partial charge in [0.1, 0.15) is 24.0 Å². The first kappa shape index (κ1) is 18.2. The summed E-state index contributed by atoms with van der Waals surface area (Å²) in [6.45, 7) is 14.1. The van der Waals surface area contributed by atoms with E-state index < -0.39 is 0 Å². The second-order valence-corrected chi connectivity index (χ2v) is 6.11. The molecule has 3 heterocycles. The van der Waals surface area contributed by atoms with Crippen LogP contribution < -0.4 is 15.4 Å². The van der Waals surface area contributed by atoms with Gasteiger partial charge in [-0.15, -0.1) is 0 Å². The maximum Gasteiger partial charge on any atom is 0.231 e. The van der Waals surface area contributed by atoms with Gasteiger partial charge in [-0.05, 0) is 44.5 Å². The standard InChI is InChI=1S/C19H21N7O/c1-12-9-16(23-17-10-14(3)25-26-17)24-19(18(12)20-4)21-7-8-27-15-6-5-13(2)22-11-15/h5-6,9-11H,7-8H2,1-3H3,(H3,21,23,24,25,26). The predicted molar refractivity (Wildman–Crippen MR) is 105 cm³/mol. The SMILES string of the molecule is [C-]#[N+]c1c(C)cc(Nc2cc(C)[nH]n2)nc1NCCOc1ccc(C)nc1. The van der Waals surface area contributed by atoms with Gasteiger partial charge in [-0.25, -0.2) is 9.83 Å². The number of anilines is 3. The lowest BCUT2D eigenvalue weighted by Crippen LogP contribution is -2.13. The summed E-state index contributed by atoms with van der Waals surface area (Å²) in [5.41, 5.74) is 3.23. The molecule has 27 heavy (non-hydrogen) atoms. The summed E-state index contributed by atoms with van der Waals surface area (Å²) in [5, 5.41) is 13.3. The first-order valence-corrected chi connectivity index (χ1v) is 8.52. The molecular formula is C19H21N7O. The molecule has 0 saturated carbocycles. The third kappa shape index (κ3) is 4.73. The quantitative estimate of drug-likeness (QED) is 0.435. The van der Waals surface area contributed by atoms with Crippen molar-refractivity contribution in [2.75, 3.05) is 23.8 Å². The fourth-order valence-corrected chi connectivity index (χ4v) is 2.49. The lowest BCUT2D eigenvalue weighted by atomic mass is 10.2. The van der Waals surface area contributed by atoms with E-state index in [0.29, 0.717) is 42.0 Å². The van der Waals surface area contributed by atoms with Crippen LogP contribution in [0.4, 0.5) is 23.1 Å². The van der Waals surface area contributed by atoms with Crippen LogP contribution in [0.25, 0.3) is 4.85 Å². The van der Waals surface area contributed by atoms with E-state index in [0.717, 1.165) is 17.0 Å². The van der Waals surface area contributed by atoms with Crippen LogP contribution in [0.15, 0.2) is 30.5 Å². The highest BCUT2D eigenvalue weighted by Crippen LogP contribution is 2.30. The van der Waals surface area contributed by atoms with E-state index in [2.05, 4.69) is 35.6 Å². The van der Waals surface area contributed by atoms with E-state index in [4.69, 9.17) is 11.3 Å². The molecule has 0 aliphatic carbocycles. The van der Waals surface area contributed by atoms with Crippen molar-refractivity contribution >= 4 is 23.1 Å². The molecule has 138 valence electrons. The highest BCUT2D eigenvalue weighted by atomic mass is 16.5. The molecule has 0 aromatic carbocycles. The van der Waals surface area contributed by atoms with E-state index in [1.807, 2.05) is 45.0 Å². The maximum atomic E-state index is 7.42. The number of aromatic amines is 1. The van der Waals surface area contributed by atoms with Gasteiger partial charge >= 0.3 is 0 Å². The van der Waals surface area contributed by atoms with Gasteiger partial charge in [0.05, 0.1) is 12.8 Å². The average Bonchev–Trinajstić information content (AvgIpc) is 3.05. The lowest BCUT2D eigenvalue weighted by Gasteiger charge is -2.13. The number of pyridine rings is 2. The molecule has 3 aromatic rings. The molecular weight excluding hydrogens is 342 g/mol. The number of aryl methyl sites for hydroxylation is 3. The minimum Gasteiger partial charge on any atom is -0.490 e. The van der Waals surface area contributed by atoms with Crippen LogP contribution in [0.5, 0.6) is 5.75 Å². The van der Waals surface area contributed by atoms with Crippen molar-refractivity contribution in [2.24, 2.45) is 0 Å². The predicted octanol–water partition coefficient (Wildman–Crippen LogP) is 3.91. The van der Waals surface area contributed by atoms with E-state index in [-0.39, 0.29) is 0 Å². The Morgan fingerprint density at radius 3 is 2.70 bits per heavy atom. The fourth-order valence-electron chi connectivity index (χ4n) is 2.49. The van der Waals surface area contributed by atoms with Crippen LogP contribution in [-0.2, 0) is 0 Å². The largest absolute Gasteiger partial charge is 0.490 e. The zero-order chi connectivity index (χ0) is 19.2. The monoisotopic (exact) mass is 363 g/mol. The number of H-pyrrole nitrogens is 1. The van der Waals surface area contributed by atoms with Crippen LogP contribution >= 0.6 is 0 Å². The summed E-state index contributed by atoms with van der Waals surface area (Å²) in [4.78, 5) is 12.3. The highest BCUT2D eigenvalue weighted by Gasteiger charge is 2.11. The number of ether oxygens (including phenoxy) is 1. The first-order valence-electron chi connectivity index (χ1n) is 8.52. The van der Waals surface area contributed by atoms with Crippen molar-refractivity contribution in [3.8, 4) is 5.75 Å². The maximum absolute atomic E-state index is 7.42. The van der Waals surface area contributed by atoms with Crippen molar-refractivity contribution < 1.29 is 4.74 Å². The van der Waals surface area contributed by atoms with E-state index in [1.165, 1.54) is 0 Å². The first-order chi connectivity index (χ1) is 13.0. The number of hydrogen-bond acceptors (Lipinski definition) is 6. The zero-order valence-corrected chi connectivity index (χ0v) is 15.5. The van der Waals surface area contributed by atoms with Crippen molar-refractivity contribution in [1.82, 2.24) is 20.2 Å². The van der Waals surface area contributed by atoms with Crippen molar-refractivity contribution in [3.05, 3.63) is 58.8 Å². The minimum atomic E-state index is 0.430. The second kappa shape index (κ2) is 8.19. The Labute approximate surface area is 157 Å². The van der Waals surface area contributed by atoms with E-state index in [1.54, 1.807) is 6.20 Å². The molecule has 0 spiro atoms.